The molecule has 0 spiro atoms. The number of hydrogen-bond donors (Lipinski definition) is 1. The third-order valence-electron chi connectivity index (χ3n) is 1.53. The summed E-state index contributed by atoms with van der Waals surface area (Å²) >= 11 is 5.80. The van der Waals surface area contributed by atoms with E-state index in [4.69, 9.17) is 11.6 Å². The van der Waals surface area contributed by atoms with Crippen molar-refractivity contribution in [2.45, 2.75) is 19.6 Å². The van der Waals surface area contributed by atoms with Crippen molar-refractivity contribution in [2.24, 2.45) is 0 Å². The highest BCUT2D eigenvalue weighted by Gasteiger charge is 2.08. The molecule has 0 heterocycles. The van der Waals surface area contributed by atoms with Crippen LogP contribution in [0.25, 0.3) is 0 Å². The zero-order chi connectivity index (χ0) is 10.8. The zero-order valence-corrected chi connectivity index (χ0v) is 10.3. The molecule has 0 aliphatic carbocycles. The summed E-state index contributed by atoms with van der Waals surface area (Å²) < 4.78 is 0. The molecular formula is C11H13ClOSi. The van der Waals surface area contributed by atoms with Gasteiger partial charge in [-0.2, -0.15) is 0 Å². The average molecular weight is 225 g/mol. The summed E-state index contributed by atoms with van der Waals surface area (Å²) in [5.41, 5.74) is 3.79. The summed E-state index contributed by atoms with van der Waals surface area (Å²) in [7, 11) is -1.40. The summed E-state index contributed by atoms with van der Waals surface area (Å²) in [6.07, 6.45) is 0. The first-order valence-corrected chi connectivity index (χ1v) is 8.28. The fourth-order valence-corrected chi connectivity index (χ4v) is 1.54. The quantitative estimate of drug-likeness (QED) is 0.530. The molecule has 0 aliphatic rings. The number of hydrogen-bond acceptors (Lipinski definition) is 1. The predicted molar refractivity (Wildman–Crippen MR) is 63.3 cm³/mol. The summed E-state index contributed by atoms with van der Waals surface area (Å²) in [5, 5.41) is 10.1. The summed E-state index contributed by atoms with van der Waals surface area (Å²) in [5.74, 6) is 3.17. The van der Waals surface area contributed by atoms with Crippen LogP contribution < -0.4 is 0 Å². The van der Waals surface area contributed by atoms with Crippen molar-refractivity contribution in [2.75, 3.05) is 0 Å². The Balaban J connectivity index is 3.06. The van der Waals surface area contributed by atoms with E-state index in [1.165, 1.54) is 0 Å². The standard InChI is InChI=1S/C11H13ClOSi/c1-14(2,3)7-6-9-8-10(12)4-5-11(9)13/h4-5,8,13H,1-3H3. The maximum Gasteiger partial charge on any atom is 0.131 e. The maximum absolute atomic E-state index is 9.49. The van der Waals surface area contributed by atoms with Gasteiger partial charge in [-0.3, -0.25) is 0 Å². The Kier molecular flexibility index (Phi) is 3.25. The SMILES string of the molecule is C[Si](C)(C)C#Cc1cc(Cl)ccc1O. The Morgan fingerprint density at radius 3 is 2.50 bits per heavy atom. The minimum atomic E-state index is -1.40. The van der Waals surface area contributed by atoms with E-state index in [1.54, 1.807) is 18.2 Å². The van der Waals surface area contributed by atoms with Crippen molar-refractivity contribution < 1.29 is 5.11 Å². The first-order valence-electron chi connectivity index (χ1n) is 4.40. The van der Waals surface area contributed by atoms with Gasteiger partial charge >= 0.3 is 0 Å². The van der Waals surface area contributed by atoms with Crippen molar-refractivity contribution >= 4 is 19.7 Å². The predicted octanol–water partition coefficient (Wildman–Crippen LogP) is 3.27. The van der Waals surface area contributed by atoms with E-state index in [1.807, 2.05) is 0 Å². The van der Waals surface area contributed by atoms with E-state index in [9.17, 15) is 5.11 Å². The number of phenols is 1. The topological polar surface area (TPSA) is 20.2 Å². The van der Waals surface area contributed by atoms with Crippen LogP contribution in [0.4, 0.5) is 0 Å². The maximum atomic E-state index is 9.49. The second kappa shape index (κ2) is 4.08. The number of phenolic OH excluding ortho intramolecular Hbond substituents is 1. The fraction of sp³-hybridized carbons (Fsp3) is 0.273. The lowest BCUT2D eigenvalue weighted by atomic mass is 10.2. The van der Waals surface area contributed by atoms with Gasteiger partial charge in [0.15, 0.2) is 0 Å². The van der Waals surface area contributed by atoms with Gasteiger partial charge in [-0.15, -0.1) is 5.54 Å². The molecule has 1 nitrogen and oxygen atoms in total. The summed E-state index contributed by atoms with van der Waals surface area (Å²) in [6, 6.07) is 4.90. The molecule has 1 N–H and O–H groups in total. The van der Waals surface area contributed by atoms with Crippen molar-refractivity contribution in [1.82, 2.24) is 0 Å². The molecule has 0 atom stereocenters. The highest BCUT2D eigenvalue weighted by atomic mass is 35.5. The molecule has 1 aromatic carbocycles. The van der Waals surface area contributed by atoms with Crippen molar-refractivity contribution in [3.8, 4) is 17.2 Å². The summed E-state index contributed by atoms with van der Waals surface area (Å²) in [4.78, 5) is 0. The second-order valence-electron chi connectivity index (χ2n) is 4.16. The van der Waals surface area contributed by atoms with E-state index >= 15 is 0 Å². The van der Waals surface area contributed by atoms with Crippen LogP contribution in [0.5, 0.6) is 5.75 Å². The first-order chi connectivity index (χ1) is 6.38. The summed E-state index contributed by atoms with van der Waals surface area (Å²) in [6.45, 7) is 6.46. The molecule has 1 rings (SSSR count). The number of halogens is 1. The van der Waals surface area contributed by atoms with Gasteiger partial charge in [0, 0.05) is 5.02 Å². The molecule has 0 radical (unpaired) electrons. The van der Waals surface area contributed by atoms with Crippen molar-refractivity contribution in [3.63, 3.8) is 0 Å². The van der Waals surface area contributed by atoms with Gasteiger partial charge in [0.25, 0.3) is 0 Å². The second-order valence-corrected chi connectivity index (χ2v) is 9.35. The number of benzene rings is 1. The lowest BCUT2D eigenvalue weighted by Gasteiger charge is -2.04. The molecule has 0 aliphatic heterocycles. The number of rotatable bonds is 0. The lowest BCUT2D eigenvalue weighted by molar-refractivity contribution is 0.474. The highest BCUT2D eigenvalue weighted by Crippen LogP contribution is 2.20. The van der Waals surface area contributed by atoms with E-state index in [-0.39, 0.29) is 5.75 Å². The molecule has 14 heavy (non-hydrogen) atoms. The largest absolute Gasteiger partial charge is 0.507 e. The van der Waals surface area contributed by atoms with Crippen LogP contribution >= 0.6 is 11.6 Å². The van der Waals surface area contributed by atoms with Crippen LogP contribution in [0.1, 0.15) is 5.56 Å². The van der Waals surface area contributed by atoms with E-state index in [2.05, 4.69) is 31.1 Å². The fourth-order valence-electron chi connectivity index (χ4n) is 0.863. The molecule has 0 bridgehead atoms. The third-order valence-corrected chi connectivity index (χ3v) is 2.64. The third kappa shape index (κ3) is 3.45. The minimum Gasteiger partial charge on any atom is -0.507 e. The Morgan fingerprint density at radius 2 is 1.93 bits per heavy atom. The number of aromatic hydroxyl groups is 1. The smallest absolute Gasteiger partial charge is 0.131 e. The van der Waals surface area contributed by atoms with Crippen LogP contribution in [0, 0.1) is 11.5 Å². The van der Waals surface area contributed by atoms with Gasteiger partial charge in [-0.25, -0.2) is 0 Å². The van der Waals surface area contributed by atoms with Gasteiger partial charge < -0.3 is 5.11 Å². The molecule has 0 aromatic heterocycles. The van der Waals surface area contributed by atoms with E-state index in [0.29, 0.717) is 10.6 Å². The van der Waals surface area contributed by atoms with Gasteiger partial charge in [-0.1, -0.05) is 37.2 Å². The lowest BCUT2D eigenvalue weighted by Crippen LogP contribution is -2.16. The molecule has 0 unspecified atom stereocenters. The Hall–Kier alpha value is -0.913. The zero-order valence-electron chi connectivity index (χ0n) is 8.56. The van der Waals surface area contributed by atoms with E-state index < -0.39 is 8.07 Å². The molecule has 74 valence electrons. The van der Waals surface area contributed by atoms with Gasteiger partial charge in [0.1, 0.15) is 13.8 Å². The van der Waals surface area contributed by atoms with Crippen molar-refractivity contribution in [1.29, 1.82) is 0 Å². The Morgan fingerprint density at radius 1 is 1.29 bits per heavy atom. The average Bonchev–Trinajstić information content (AvgIpc) is 2.05. The first kappa shape index (κ1) is 11.2. The van der Waals surface area contributed by atoms with Crippen LogP contribution in [-0.2, 0) is 0 Å². The van der Waals surface area contributed by atoms with Crippen molar-refractivity contribution in [3.05, 3.63) is 28.8 Å². The van der Waals surface area contributed by atoms with Gasteiger partial charge in [0.05, 0.1) is 5.56 Å². The molecule has 0 saturated carbocycles. The van der Waals surface area contributed by atoms with Crippen LogP contribution in [0.2, 0.25) is 24.7 Å². The molecule has 3 heteroatoms. The molecule has 1 aromatic rings. The van der Waals surface area contributed by atoms with Crippen LogP contribution in [0.15, 0.2) is 18.2 Å². The normalized spacial score (nSPS) is 10.6. The Bertz CT molecular complexity index is 396. The molecule has 0 fully saturated rings. The van der Waals surface area contributed by atoms with E-state index in [0.717, 1.165) is 0 Å². The highest BCUT2D eigenvalue weighted by molar-refractivity contribution is 6.83. The van der Waals surface area contributed by atoms with Gasteiger partial charge in [0.2, 0.25) is 0 Å². The monoisotopic (exact) mass is 224 g/mol. The van der Waals surface area contributed by atoms with Crippen LogP contribution in [-0.4, -0.2) is 13.2 Å². The molecular weight excluding hydrogens is 212 g/mol. The molecule has 0 amide bonds. The molecule has 0 saturated heterocycles. The minimum absolute atomic E-state index is 0.195. The van der Waals surface area contributed by atoms with Crippen LogP contribution in [0.3, 0.4) is 0 Å². The Labute approximate surface area is 90.7 Å². The van der Waals surface area contributed by atoms with Gasteiger partial charge in [-0.05, 0) is 18.2 Å².